The van der Waals surface area contributed by atoms with Gasteiger partial charge in [-0.15, -0.1) is 12.4 Å². The summed E-state index contributed by atoms with van der Waals surface area (Å²) in [5.74, 6) is -0.421. The van der Waals surface area contributed by atoms with Crippen molar-refractivity contribution in [2.24, 2.45) is 5.73 Å². The quantitative estimate of drug-likeness (QED) is 0.460. The lowest BCUT2D eigenvalue weighted by Gasteiger charge is -1.94. The average Bonchev–Trinajstić information content (AvgIpc) is 1.83. The highest BCUT2D eigenvalue weighted by Crippen LogP contribution is 1.74. The minimum atomic E-state index is -0.421. The number of hydrogen-bond acceptors (Lipinski definition) is 3. The molecule has 0 spiro atoms. The van der Waals surface area contributed by atoms with Gasteiger partial charge in [0.15, 0.2) is 0 Å². The third kappa shape index (κ3) is 7.46. The van der Waals surface area contributed by atoms with Crippen LogP contribution in [0.5, 0.6) is 0 Å². The Morgan fingerprint density at radius 3 is 2.67 bits per heavy atom. The van der Waals surface area contributed by atoms with E-state index in [0.717, 1.165) is 6.08 Å². The van der Waals surface area contributed by atoms with Gasteiger partial charge in [0.25, 0.3) is 0 Å². The minimum absolute atomic E-state index is 0. The lowest BCUT2D eigenvalue weighted by Crippen LogP contribution is -2.11. The van der Waals surface area contributed by atoms with Crippen LogP contribution in [0.2, 0.25) is 0 Å². The zero-order chi connectivity index (χ0) is 6.41. The van der Waals surface area contributed by atoms with Gasteiger partial charge >= 0.3 is 5.97 Å². The van der Waals surface area contributed by atoms with Crippen molar-refractivity contribution in [3.63, 3.8) is 0 Å². The van der Waals surface area contributed by atoms with Crippen LogP contribution in [0.4, 0.5) is 0 Å². The number of hydrogen-bond donors (Lipinski definition) is 1. The van der Waals surface area contributed by atoms with Crippen molar-refractivity contribution in [2.75, 3.05) is 13.2 Å². The van der Waals surface area contributed by atoms with Crippen LogP contribution in [0, 0.1) is 0 Å². The number of carbonyl (C=O) groups excluding carboxylic acids is 1. The van der Waals surface area contributed by atoms with Crippen LogP contribution in [-0.2, 0) is 9.53 Å². The normalized spacial score (nSPS) is 7.22. The van der Waals surface area contributed by atoms with Gasteiger partial charge < -0.3 is 10.5 Å². The summed E-state index contributed by atoms with van der Waals surface area (Å²) in [4.78, 5) is 10.2. The molecule has 0 unspecified atom stereocenters. The van der Waals surface area contributed by atoms with Crippen molar-refractivity contribution in [2.45, 2.75) is 0 Å². The van der Waals surface area contributed by atoms with Crippen molar-refractivity contribution in [3.05, 3.63) is 12.7 Å². The molecule has 0 radical (unpaired) electrons. The maximum atomic E-state index is 10.2. The van der Waals surface area contributed by atoms with E-state index in [-0.39, 0.29) is 19.0 Å². The lowest BCUT2D eigenvalue weighted by atomic mass is 10.6. The van der Waals surface area contributed by atoms with Gasteiger partial charge in [0, 0.05) is 12.6 Å². The Morgan fingerprint density at radius 1 is 1.78 bits per heavy atom. The van der Waals surface area contributed by atoms with Gasteiger partial charge in [0.05, 0.1) is 0 Å². The van der Waals surface area contributed by atoms with Crippen LogP contribution in [0.1, 0.15) is 0 Å². The highest BCUT2D eigenvalue weighted by Gasteiger charge is 1.89. The number of rotatable bonds is 3. The minimum Gasteiger partial charge on any atom is -0.461 e. The molecule has 3 nitrogen and oxygen atoms in total. The first-order valence-corrected chi connectivity index (χ1v) is 2.30. The molecule has 0 rings (SSSR count). The van der Waals surface area contributed by atoms with E-state index in [1.807, 2.05) is 0 Å². The molecule has 0 saturated carbocycles. The van der Waals surface area contributed by atoms with Gasteiger partial charge in [0.2, 0.25) is 0 Å². The van der Waals surface area contributed by atoms with Crippen LogP contribution in [0.25, 0.3) is 0 Å². The van der Waals surface area contributed by atoms with Crippen LogP contribution < -0.4 is 5.73 Å². The van der Waals surface area contributed by atoms with Crippen LogP contribution in [0.15, 0.2) is 12.7 Å². The summed E-state index contributed by atoms with van der Waals surface area (Å²) in [6, 6.07) is 0. The Labute approximate surface area is 60.3 Å². The Morgan fingerprint density at radius 2 is 2.33 bits per heavy atom. The Balaban J connectivity index is 0. The maximum absolute atomic E-state index is 10.2. The van der Waals surface area contributed by atoms with Gasteiger partial charge in [-0.2, -0.15) is 0 Å². The maximum Gasteiger partial charge on any atom is 0.330 e. The summed E-state index contributed by atoms with van der Waals surface area (Å²) in [6.45, 7) is 3.83. The Kier molecular flexibility index (Phi) is 9.35. The van der Waals surface area contributed by atoms with Crippen molar-refractivity contribution < 1.29 is 9.53 Å². The average molecular weight is 152 g/mol. The van der Waals surface area contributed by atoms with E-state index in [4.69, 9.17) is 5.73 Å². The van der Waals surface area contributed by atoms with E-state index >= 15 is 0 Å². The van der Waals surface area contributed by atoms with E-state index in [2.05, 4.69) is 11.3 Å². The smallest absolute Gasteiger partial charge is 0.330 e. The Bertz CT molecular complexity index is 95.0. The molecule has 0 heterocycles. The molecule has 0 aliphatic rings. The second-order valence-electron chi connectivity index (χ2n) is 1.16. The molecule has 0 atom stereocenters. The summed E-state index contributed by atoms with van der Waals surface area (Å²) in [5, 5.41) is 0. The largest absolute Gasteiger partial charge is 0.461 e. The number of halogens is 1. The zero-order valence-electron chi connectivity index (χ0n) is 5.00. The van der Waals surface area contributed by atoms with E-state index in [9.17, 15) is 4.79 Å². The fourth-order valence-corrected chi connectivity index (χ4v) is 0.218. The molecule has 2 N–H and O–H groups in total. The molecule has 0 fully saturated rings. The molecule has 4 heteroatoms. The van der Waals surface area contributed by atoms with Gasteiger partial charge in [-0.05, 0) is 0 Å². The molecule has 0 aliphatic heterocycles. The van der Waals surface area contributed by atoms with Crippen LogP contribution >= 0.6 is 12.4 Å². The molecule has 54 valence electrons. The van der Waals surface area contributed by atoms with Gasteiger partial charge in [0.1, 0.15) is 6.61 Å². The van der Waals surface area contributed by atoms with E-state index < -0.39 is 5.97 Å². The van der Waals surface area contributed by atoms with E-state index in [1.165, 1.54) is 0 Å². The molecule has 0 saturated heterocycles. The molecule has 0 amide bonds. The first-order valence-electron chi connectivity index (χ1n) is 2.30. The van der Waals surface area contributed by atoms with Crippen molar-refractivity contribution in [1.29, 1.82) is 0 Å². The zero-order valence-corrected chi connectivity index (χ0v) is 5.82. The van der Waals surface area contributed by atoms with Crippen LogP contribution in [0.3, 0.4) is 0 Å². The molecule has 0 aromatic carbocycles. The second kappa shape index (κ2) is 7.46. The number of esters is 1. The second-order valence-corrected chi connectivity index (χ2v) is 1.16. The van der Waals surface area contributed by atoms with E-state index in [0.29, 0.717) is 6.54 Å². The predicted octanol–water partition coefficient (Wildman–Crippen LogP) is 0.0961. The highest BCUT2D eigenvalue weighted by molar-refractivity contribution is 5.85. The molecule has 9 heavy (non-hydrogen) atoms. The van der Waals surface area contributed by atoms with Gasteiger partial charge in [-0.3, -0.25) is 0 Å². The molecule has 0 bridgehead atoms. The fraction of sp³-hybridized carbons (Fsp3) is 0.400. The standard InChI is InChI=1S/C5H9NO2.ClH/c1-2-5(7)8-4-3-6;/h2H,1,3-4,6H2;1H. The first kappa shape index (κ1) is 11.3. The third-order valence-electron chi connectivity index (χ3n) is 0.529. The Hall–Kier alpha value is -0.540. The highest BCUT2D eigenvalue weighted by atomic mass is 35.5. The number of nitrogens with two attached hydrogens (primary N) is 1. The molecular weight excluding hydrogens is 142 g/mol. The topological polar surface area (TPSA) is 52.3 Å². The molecular formula is C5H10ClNO2. The summed E-state index contributed by atoms with van der Waals surface area (Å²) in [5.41, 5.74) is 5.02. The summed E-state index contributed by atoms with van der Waals surface area (Å²) in [7, 11) is 0. The summed E-state index contributed by atoms with van der Waals surface area (Å²) < 4.78 is 4.46. The molecule has 0 aliphatic carbocycles. The molecule has 0 aromatic rings. The predicted molar refractivity (Wildman–Crippen MR) is 37.5 cm³/mol. The van der Waals surface area contributed by atoms with Gasteiger partial charge in [-0.25, -0.2) is 4.79 Å². The fourth-order valence-electron chi connectivity index (χ4n) is 0.218. The van der Waals surface area contributed by atoms with Gasteiger partial charge in [-0.1, -0.05) is 6.58 Å². The van der Waals surface area contributed by atoms with Crippen molar-refractivity contribution in [3.8, 4) is 0 Å². The molecule has 0 aromatic heterocycles. The lowest BCUT2D eigenvalue weighted by molar-refractivity contribution is -0.137. The number of carbonyl (C=O) groups is 1. The van der Waals surface area contributed by atoms with Crippen molar-refractivity contribution >= 4 is 18.4 Å². The van der Waals surface area contributed by atoms with Crippen molar-refractivity contribution in [1.82, 2.24) is 0 Å². The van der Waals surface area contributed by atoms with Crippen LogP contribution in [-0.4, -0.2) is 19.1 Å². The van der Waals surface area contributed by atoms with E-state index in [1.54, 1.807) is 0 Å². The number of ether oxygens (including phenoxy) is 1. The third-order valence-corrected chi connectivity index (χ3v) is 0.529. The summed E-state index contributed by atoms with van der Waals surface area (Å²) >= 11 is 0. The monoisotopic (exact) mass is 151 g/mol. The SMILES string of the molecule is C=CC(=O)OCCN.Cl. The first-order chi connectivity index (χ1) is 3.81. The summed E-state index contributed by atoms with van der Waals surface area (Å²) in [6.07, 6.45) is 1.11.